The second kappa shape index (κ2) is 9.13. The Morgan fingerprint density at radius 3 is 2.25 bits per heavy atom. The van der Waals surface area contributed by atoms with Crippen molar-refractivity contribution in [3.63, 3.8) is 0 Å². The predicted molar refractivity (Wildman–Crippen MR) is 113 cm³/mol. The Kier molecular flexibility index (Phi) is 6.37. The quantitative estimate of drug-likeness (QED) is 0.655. The number of nitrogens with one attached hydrogen (secondary N) is 1. The van der Waals surface area contributed by atoms with Gasteiger partial charge in [0.05, 0.1) is 0 Å². The first-order chi connectivity index (χ1) is 13.6. The van der Waals surface area contributed by atoms with E-state index in [0.29, 0.717) is 30.4 Å². The molecule has 0 aliphatic rings. The molecule has 1 N–H and O–H groups in total. The van der Waals surface area contributed by atoms with E-state index in [2.05, 4.69) is 15.3 Å². The van der Waals surface area contributed by atoms with Crippen LogP contribution in [0.5, 0.6) is 0 Å². The number of carbonyl (C=O) groups is 1. The van der Waals surface area contributed by atoms with Crippen molar-refractivity contribution in [3.05, 3.63) is 78.0 Å². The van der Waals surface area contributed by atoms with Crippen LogP contribution in [-0.4, -0.2) is 33.4 Å². The van der Waals surface area contributed by atoms with Gasteiger partial charge in [-0.05, 0) is 26.3 Å². The molecule has 1 aromatic heterocycles. The molecule has 3 aromatic rings. The zero-order valence-electron chi connectivity index (χ0n) is 16.6. The molecule has 5 heteroatoms. The van der Waals surface area contributed by atoms with Gasteiger partial charge in [0.1, 0.15) is 11.5 Å². The summed E-state index contributed by atoms with van der Waals surface area (Å²) in [5, 5.41) is 3.29. The molecule has 0 radical (unpaired) electrons. The highest BCUT2D eigenvalue weighted by Crippen LogP contribution is 2.20. The molecule has 2 aromatic carbocycles. The van der Waals surface area contributed by atoms with E-state index in [0.717, 1.165) is 11.1 Å². The van der Waals surface area contributed by atoms with Crippen LogP contribution in [0.1, 0.15) is 36.8 Å². The molecule has 1 heterocycles. The zero-order chi connectivity index (χ0) is 19.9. The first kappa shape index (κ1) is 19.5. The van der Waals surface area contributed by atoms with Gasteiger partial charge in [0.15, 0.2) is 5.82 Å². The number of hydrogen-bond acceptors (Lipinski definition) is 4. The lowest BCUT2D eigenvalue weighted by atomic mass is 10.2. The van der Waals surface area contributed by atoms with Crippen LogP contribution in [0.2, 0.25) is 0 Å². The van der Waals surface area contributed by atoms with E-state index in [9.17, 15) is 4.79 Å². The third-order valence-electron chi connectivity index (χ3n) is 4.30. The van der Waals surface area contributed by atoms with Gasteiger partial charge in [0, 0.05) is 30.8 Å². The molecular weight excluding hydrogens is 348 g/mol. The van der Waals surface area contributed by atoms with Gasteiger partial charge in [-0.25, -0.2) is 9.97 Å². The van der Waals surface area contributed by atoms with Gasteiger partial charge >= 0.3 is 0 Å². The van der Waals surface area contributed by atoms with Gasteiger partial charge in [-0.15, -0.1) is 0 Å². The van der Waals surface area contributed by atoms with Crippen molar-refractivity contribution in [2.75, 3.05) is 11.9 Å². The molecule has 0 fully saturated rings. The largest absolute Gasteiger partial charge is 0.368 e. The molecule has 0 saturated carbocycles. The Labute approximate surface area is 166 Å². The highest BCUT2D eigenvalue weighted by Gasteiger charge is 2.19. The summed E-state index contributed by atoms with van der Waals surface area (Å²) in [5.74, 6) is 1.10. The lowest BCUT2D eigenvalue weighted by molar-refractivity contribution is 0.0746. The van der Waals surface area contributed by atoms with E-state index in [-0.39, 0.29) is 11.9 Å². The van der Waals surface area contributed by atoms with Crippen LogP contribution in [0.25, 0.3) is 11.4 Å². The van der Waals surface area contributed by atoms with E-state index < -0.39 is 0 Å². The van der Waals surface area contributed by atoms with Crippen LogP contribution in [0.15, 0.2) is 66.7 Å². The van der Waals surface area contributed by atoms with Crippen molar-refractivity contribution in [1.82, 2.24) is 14.9 Å². The molecule has 3 rings (SSSR count). The fourth-order valence-electron chi connectivity index (χ4n) is 2.94. The Morgan fingerprint density at radius 1 is 1.00 bits per heavy atom. The predicted octanol–water partition coefficient (Wildman–Crippen LogP) is 4.63. The summed E-state index contributed by atoms with van der Waals surface area (Å²) in [6, 6.07) is 21.7. The molecule has 0 unspecified atom stereocenters. The molecule has 1 amide bonds. The van der Waals surface area contributed by atoms with Crippen molar-refractivity contribution in [3.8, 4) is 11.4 Å². The SMILES string of the molecule is CCN(Cc1ccccc1)C(=O)c1cc(NC(C)C)nc(-c2ccccc2)n1. The zero-order valence-corrected chi connectivity index (χ0v) is 16.6. The number of anilines is 1. The van der Waals surface area contributed by atoms with Crippen LogP contribution in [0.4, 0.5) is 5.82 Å². The molecule has 0 bridgehead atoms. The molecule has 0 atom stereocenters. The lowest BCUT2D eigenvalue weighted by Gasteiger charge is -2.21. The third-order valence-corrected chi connectivity index (χ3v) is 4.30. The van der Waals surface area contributed by atoms with Gasteiger partial charge in [0.2, 0.25) is 0 Å². The minimum atomic E-state index is -0.0993. The van der Waals surface area contributed by atoms with E-state index in [4.69, 9.17) is 0 Å². The maximum atomic E-state index is 13.2. The molecule has 0 aliphatic heterocycles. The number of carbonyl (C=O) groups excluding carboxylic acids is 1. The molecular formula is C23H26N4O. The number of hydrogen-bond donors (Lipinski definition) is 1. The van der Waals surface area contributed by atoms with Crippen LogP contribution in [0, 0.1) is 0 Å². The number of aromatic nitrogens is 2. The van der Waals surface area contributed by atoms with Gasteiger partial charge in [-0.3, -0.25) is 4.79 Å². The normalized spacial score (nSPS) is 10.7. The Bertz CT molecular complexity index is 910. The van der Waals surface area contributed by atoms with Crippen molar-refractivity contribution < 1.29 is 4.79 Å². The van der Waals surface area contributed by atoms with Crippen molar-refractivity contribution in [2.45, 2.75) is 33.4 Å². The number of rotatable bonds is 7. The van der Waals surface area contributed by atoms with Crippen LogP contribution in [0.3, 0.4) is 0 Å². The van der Waals surface area contributed by atoms with E-state index >= 15 is 0 Å². The standard InChI is InChI=1S/C23H26N4O/c1-4-27(16-18-11-7-5-8-12-18)23(28)20-15-21(24-17(2)3)26-22(25-20)19-13-9-6-10-14-19/h5-15,17H,4,16H2,1-3H3,(H,24,25,26). The molecule has 5 nitrogen and oxygen atoms in total. The fourth-order valence-corrected chi connectivity index (χ4v) is 2.94. The number of amides is 1. The summed E-state index contributed by atoms with van der Waals surface area (Å²) in [4.78, 5) is 24.2. The van der Waals surface area contributed by atoms with Crippen molar-refractivity contribution in [2.24, 2.45) is 0 Å². The molecule has 0 spiro atoms. The van der Waals surface area contributed by atoms with Crippen LogP contribution < -0.4 is 5.32 Å². The molecule has 28 heavy (non-hydrogen) atoms. The maximum absolute atomic E-state index is 13.2. The van der Waals surface area contributed by atoms with Crippen LogP contribution >= 0.6 is 0 Å². The minimum absolute atomic E-state index is 0.0993. The molecule has 0 saturated heterocycles. The van der Waals surface area contributed by atoms with Crippen molar-refractivity contribution >= 4 is 11.7 Å². The second-order valence-corrected chi connectivity index (χ2v) is 6.93. The van der Waals surface area contributed by atoms with E-state index in [1.807, 2.05) is 81.4 Å². The summed E-state index contributed by atoms with van der Waals surface area (Å²) < 4.78 is 0. The topological polar surface area (TPSA) is 58.1 Å². The molecule has 144 valence electrons. The first-order valence-corrected chi connectivity index (χ1v) is 9.61. The average Bonchev–Trinajstić information content (AvgIpc) is 2.72. The van der Waals surface area contributed by atoms with Crippen molar-refractivity contribution in [1.29, 1.82) is 0 Å². The van der Waals surface area contributed by atoms with Gasteiger partial charge in [0.25, 0.3) is 5.91 Å². The monoisotopic (exact) mass is 374 g/mol. The summed E-state index contributed by atoms with van der Waals surface area (Å²) in [6.07, 6.45) is 0. The van der Waals surface area contributed by atoms with Gasteiger partial charge < -0.3 is 10.2 Å². The average molecular weight is 374 g/mol. The summed E-state index contributed by atoms with van der Waals surface area (Å²) >= 11 is 0. The van der Waals surface area contributed by atoms with E-state index in [1.165, 1.54) is 0 Å². The summed E-state index contributed by atoms with van der Waals surface area (Å²) in [5.41, 5.74) is 2.38. The number of nitrogens with zero attached hydrogens (tertiary/aromatic N) is 3. The minimum Gasteiger partial charge on any atom is -0.368 e. The fraction of sp³-hybridized carbons (Fsp3) is 0.261. The Balaban J connectivity index is 1.95. The summed E-state index contributed by atoms with van der Waals surface area (Å²) in [6.45, 7) is 7.21. The Morgan fingerprint density at radius 2 is 1.64 bits per heavy atom. The second-order valence-electron chi connectivity index (χ2n) is 6.93. The number of benzene rings is 2. The summed E-state index contributed by atoms with van der Waals surface area (Å²) in [7, 11) is 0. The smallest absolute Gasteiger partial charge is 0.272 e. The highest BCUT2D eigenvalue weighted by atomic mass is 16.2. The lowest BCUT2D eigenvalue weighted by Crippen LogP contribution is -2.31. The Hall–Kier alpha value is -3.21. The van der Waals surface area contributed by atoms with Crippen LogP contribution in [-0.2, 0) is 6.54 Å². The van der Waals surface area contributed by atoms with Gasteiger partial charge in [-0.1, -0.05) is 60.7 Å². The maximum Gasteiger partial charge on any atom is 0.272 e. The van der Waals surface area contributed by atoms with E-state index in [1.54, 1.807) is 11.0 Å². The highest BCUT2D eigenvalue weighted by molar-refractivity contribution is 5.93. The van der Waals surface area contributed by atoms with Gasteiger partial charge in [-0.2, -0.15) is 0 Å². The third kappa shape index (κ3) is 4.94. The molecule has 0 aliphatic carbocycles. The first-order valence-electron chi connectivity index (χ1n) is 9.61.